The summed E-state index contributed by atoms with van der Waals surface area (Å²) in [5.41, 5.74) is 5.26. The monoisotopic (exact) mass is 404 g/mol. The lowest BCUT2D eigenvalue weighted by molar-refractivity contribution is -0.137. The first-order valence-corrected chi connectivity index (χ1v) is 9.65. The van der Waals surface area contributed by atoms with Crippen molar-refractivity contribution in [3.8, 4) is 5.69 Å². The Hall–Kier alpha value is -3.74. The van der Waals surface area contributed by atoms with Gasteiger partial charge in [-0.2, -0.15) is 9.90 Å². The maximum Gasteiger partial charge on any atom is 0.330 e. The molecule has 7 nitrogen and oxygen atoms in total. The first-order valence-electron chi connectivity index (χ1n) is 9.65. The molecule has 0 aliphatic heterocycles. The Kier molecular flexibility index (Phi) is 6.41. The predicted octanol–water partition coefficient (Wildman–Crippen LogP) is 4.02. The van der Waals surface area contributed by atoms with E-state index in [1.54, 1.807) is 44.2 Å². The van der Waals surface area contributed by atoms with Gasteiger partial charge in [-0.25, -0.2) is 4.79 Å². The molecule has 1 N–H and O–H groups in total. The predicted molar refractivity (Wildman–Crippen MR) is 116 cm³/mol. The summed E-state index contributed by atoms with van der Waals surface area (Å²) in [7, 11) is 0. The summed E-state index contributed by atoms with van der Waals surface area (Å²) in [6, 6.07) is 13.1. The molecule has 0 saturated carbocycles. The molecule has 0 aliphatic carbocycles. The average Bonchev–Trinajstić information content (AvgIpc) is 3.09. The molecule has 2 aromatic carbocycles. The van der Waals surface area contributed by atoms with Crippen molar-refractivity contribution in [2.75, 3.05) is 11.9 Å². The first-order chi connectivity index (χ1) is 14.4. The zero-order valence-corrected chi connectivity index (χ0v) is 17.5. The smallest absolute Gasteiger partial charge is 0.330 e. The van der Waals surface area contributed by atoms with Crippen molar-refractivity contribution in [3.63, 3.8) is 0 Å². The van der Waals surface area contributed by atoms with Crippen LogP contribution < -0.4 is 5.32 Å². The highest BCUT2D eigenvalue weighted by Crippen LogP contribution is 2.17. The zero-order chi connectivity index (χ0) is 21.7. The molecule has 0 spiro atoms. The molecule has 0 radical (unpaired) electrons. The van der Waals surface area contributed by atoms with E-state index in [4.69, 9.17) is 4.74 Å². The lowest BCUT2D eigenvalue weighted by Gasteiger charge is -2.05. The summed E-state index contributed by atoms with van der Waals surface area (Å²) in [5, 5.41) is 11.6. The van der Waals surface area contributed by atoms with Gasteiger partial charge in [-0.05, 0) is 63.1 Å². The fourth-order valence-electron chi connectivity index (χ4n) is 2.95. The minimum Gasteiger partial charge on any atom is -0.463 e. The zero-order valence-electron chi connectivity index (χ0n) is 17.5. The molecule has 154 valence electrons. The maximum atomic E-state index is 12.7. The number of benzene rings is 2. The Morgan fingerprint density at radius 2 is 1.80 bits per heavy atom. The number of hydrogen-bond acceptors (Lipinski definition) is 5. The Bertz CT molecular complexity index is 1100. The van der Waals surface area contributed by atoms with E-state index in [0.717, 1.165) is 22.4 Å². The summed E-state index contributed by atoms with van der Waals surface area (Å²) in [4.78, 5) is 25.6. The molecular formula is C23H24N4O3. The molecule has 0 saturated heterocycles. The van der Waals surface area contributed by atoms with Gasteiger partial charge in [0.1, 0.15) is 0 Å². The molecule has 3 aromatic rings. The molecule has 30 heavy (non-hydrogen) atoms. The highest BCUT2D eigenvalue weighted by Gasteiger charge is 2.17. The van der Waals surface area contributed by atoms with Crippen LogP contribution in [0.5, 0.6) is 0 Å². The highest BCUT2D eigenvalue weighted by molar-refractivity contribution is 6.03. The molecule has 3 rings (SSSR count). The third-order valence-electron chi connectivity index (χ3n) is 4.43. The lowest BCUT2D eigenvalue weighted by Crippen LogP contribution is -2.14. The van der Waals surface area contributed by atoms with Crippen LogP contribution >= 0.6 is 0 Å². The van der Waals surface area contributed by atoms with Crippen LogP contribution in [-0.4, -0.2) is 33.5 Å². The molecule has 0 aliphatic rings. The van der Waals surface area contributed by atoms with Gasteiger partial charge in [-0.15, -0.1) is 5.10 Å². The van der Waals surface area contributed by atoms with Crippen molar-refractivity contribution in [1.29, 1.82) is 0 Å². The Morgan fingerprint density at radius 1 is 1.07 bits per heavy atom. The molecule has 7 heteroatoms. The number of aromatic nitrogens is 3. The molecular weight excluding hydrogens is 380 g/mol. The number of nitrogens with zero attached hydrogens (tertiary/aromatic N) is 3. The summed E-state index contributed by atoms with van der Waals surface area (Å²) in [6.45, 7) is 7.85. The number of rotatable bonds is 6. The topological polar surface area (TPSA) is 86.1 Å². The molecule has 0 fully saturated rings. The van der Waals surface area contributed by atoms with Crippen LogP contribution in [0.15, 0.2) is 48.5 Å². The van der Waals surface area contributed by atoms with Gasteiger partial charge in [0.05, 0.1) is 18.0 Å². The van der Waals surface area contributed by atoms with E-state index < -0.39 is 5.97 Å². The van der Waals surface area contributed by atoms with E-state index in [-0.39, 0.29) is 11.6 Å². The molecule has 0 atom stereocenters. The number of aryl methyl sites for hydroxylation is 3. The van der Waals surface area contributed by atoms with Crippen LogP contribution in [-0.2, 0) is 9.53 Å². The van der Waals surface area contributed by atoms with Crippen molar-refractivity contribution in [1.82, 2.24) is 15.0 Å². The van der Waals surface area contributed by atoms with Gasteiger partial charge in [-0.1, -0.05) is 29.8 Å². The summed E-state index contributed by atoms with van der Waals surface area (Å²) in [5.74, 6) is -0.726. The first kappa shape index (κ1) is 21.0. The number of nitrogens with one attached hydrogen (secondary N) is 1. The van der Waals surface area contributed by atoms with Crippen LogP contribution in [0.1, 0.15) is 39.8 Å². The van der Waals surface area contributed by atoms with E-state index in [0.29, 0.717) is 18.0 Å². The third kappa shape index (κ3) is 5.00. The van der Waals surface area contributed by atoms with E-state index in [9.17, 15) is 9.59 Å². The normalized spacial score (nSPS) is 10.9. The molecule has 1 heterocycles. The number of ether oxygens (including phenoxy) is 1. The molecule has 0 unspecified atom stereocenters. The van der Waals surface area contributed by atoms with Gasteiger partial charge in [-0.3, -0.25) is 4.79 Å². The van der Waals surface area contributed by atoms with E-state index in [1.165, 1.54) is 10.9 Å². The van der Waals surface area contributed by atoms with Crippen molar-refractivity contribution in [2.45, 2.75) is 27.7 Å². The minimum atomic E-state index is -0.391. The maximum absolute atomic E-state index is 12.7. The summed E-state index contributed by atoms with van der Waals surface area (Å²) in [6.07, 6.45) is 3.02. The molecule has 1 amide bonds. The Labute approximate surface area is 175 Å². The van der Waals surface area contributed by atoms with Crippen LogP contribution in [0.2, 0.25) is 0 Å². The summed E-state index contributed by atoms with van der Waals surface area (Å²) < 4.78 is 4.85. The van der Waals surface area contributed by atoms with Crippen molar-refractivity contribution in [3.05, 3.63) is 76.6 Å². The second-order valence-corrected chi connectivity index (χ2v) is 6.87. The van der Waals surface area contributed by atoms with Gasteiger partial charge in [0, 0.05) is 11.8 Å². The Morgan fingerprint density at radius 3 is 2.47 bits per heavy atom. The number of carbonyl (C=O) groups is 2. The fraction of sp³-hybridized carbons (Fsp3) is 0.217. The van der Waals surface area contributed by atoms with E-state index in [2.05, 4.69) is 15.5 Å². The van der Waals surface area contributed by atoms with E-state index >= 15 is 0 Å². The van der Waals surface area contributed by atoms with Crippen LogP contribution in [0, 0.1) is 20.8 Å². The van der Waals surface area contributed by atoms with Gasteiger partial charge < -0.3 is 10.1 Å². The number of amides is 1. The van der Waals surface area contributed by atoms with Crippen LogP contribution in [0.4, 0.5) is 5.69 Å². The second kappa shape index (κ2) is 9.17. The van der Waals surface area contributed by atoms with Crippen molar-refractivity contribution < 1.29 is 14.3 Å². The molecule has 0 bridgehead atoms. The van der Waals surface area contributed by atoms with Crippen molar-refractivity contribution >= 4 is 23.6 Å². The average molecular weight is 404 g/mol. The van der Waals surface area contributed by atoms with Gasteiger partial charge in [0.25, 0.3) is 5.91 Å². The SMILES string of the molecule is CCOC(=O)/C=C/c1ccc(NC(=O)c2nn(-c3ccc(C)cc3C)nc2C)cc1. The van der Waals surface area contributed by atoms with E-state index in [1.807, 2.05) is 32.0 Å². The number of esters is 1. The van der Waals surface area contributed by atoms with Gasteiger partial charge >= 0.3 is 5.97 Å². The minimum absolute atomic E-state index is 0.265. The number of anilines is 1. The second-order valence-electron chi connectivity index (χ2n) is 6.87. The third-order valence-corrected chi connectivity index (χ3v) is 4.43. The summed E-state index contributed by atoms with van der Waals surface area (Å²) >= 11 is 0. The van der Waals surface area contributed by atoms with Crippen molar-refractivity contribution in [2.24, 2.45) is 0 Å². The van der Waals surface area contributed by atoms with Gasteiger partial charge in [0.15, 0.2) is 5.69 Å². The Balaban J connectivity index is 1.72. The number of carbonyl (C=O) groups excluding carboxylic acids is 2. The van der Waals surface area contributed by atoms with Crippen LogP contribution in [0.25, 0.3) is 11.8 Å². The molecule has 1 aromatic heterocycles. The number of hydrogen-bond donors (Lipinski definition) is 1. The highest BCUT2D eigenvalue weighted by atomic mass is 16.5. The van der Waals surface area contributed by atoms with Gasteiger partial charge in [0.2, 0.25) is 0 Å². The lowest BCUT2D eigenvalue weighted by atomic mass is 10.1. The largest absolute Gasteiger partial charge is 0.463 e. The standard InChI is InChI=1S/C23H24N4O3/c1-5-30-21(28)13-9-18-7-10-19(11-8-18)24-23(29)22-17(4)25-27(26-22)20-12-6-15(2)14-16(20)3/h6-14H,5H2,1-4H3,(H,24,29)/b13-9+. The fourth-order valence-corrected chi connectivity index (χ4v) is 2.95. The van der Waals surface area contributed by atoms with Crippen LogP contribution in [0.3, 0.4) is 0 Å². The quantitative estimate of drug-likeness (QED) is 0.495.